The van der Waals surface area contributed by atoms with E-state index in [0.29, 0.717) is 68.5 Å². The lowest BCUT2D eigenvalue weighted by molar-refractivity contribution is -0.307. The predicted molar refractivity (Wildman–Crippen MR) is 318 cm³/mol. The topological polar surface area (TPSA) is 321 Å². The zero-order valence-corrected chi connectivity index (χ0v) is 52.0. The fraction of sp³-hybridized carbons (Fsp3) is 0.500. The molecule has 8 aliphatic heterocycles. The third kappa shape index (κ3) is 7.83. The van der Waals surface area contributed by atoms with E-state index in [4.69, 9.17) is 71.1 Å². The normalized spacial score (nSPS) is 33.6. The third-order valence-corrected chi connectivity index (χ3v) is 20.9. The summed E-state index contributed by atoms with van der Waals surface area (Å²) in [4.78, 5) is 27.6. The zero-order valence-electron chi connectivity index (χ0n) is 52.0. The summed E-state index contributed by atoms with van der Waals surface area (Å²) >= 11 is 0. The van der Waals surface area contributed by atoms with E-state index in [9.17, 15) is 45.3 Å². The van der Waals surface area contributed by atoms with Gasteiger partial charge in [-0.1, -0.05) is 38.1 Å². The predicted octanol–water partition coefficient (Wildman–Crippen LogP) is 6.34. The average Bonchev–Trinajstić information content (AvgIpc) is 1.47. The van der Waals surface area contributed by atoms with Gasteiger partial charge in [0.15, 0.2) is 23.8 Å². The maximum Gasteiger partial charge on any atom is 0.274 e. The Morgan fingerprint density at radius 2 is 0.957 bits per heavy atom. The second kappa shape index (κ2) is 21.3. The molecule has 0 aromatic heterocycles. The van der Waals surface area contributed by atoms with Crippen LogP contribution in [0.15, 0.2) is 60.7 Å². The number of phenolic OH excluding ortho intramolecular Hbond substituents is 2. The molecular weight excluding hydrogens is 1200 g/mol. The van der Waals surface area contributed by atoms with E-state index in [1.807, 2.05) is 74.5 Å². The van der Waals surface area contributed by atoms with Crippen LogP contribution in [0.1, 0.15) is 116 Å². The molecule has 488 valence electrons. The van der Waals surface area contributed by atoms with Gasteiger partial charge < -0.3 is 107 Å². The Kier molecular flexibility index (Phi) is 14.1. The highest BCUT2D eigenvalue weighted by Crippen LogP contribution is 2.73. The summed E-state index contributed by atoms with van der Waals surface area (Å²) in [6, 6.07) is 18.7. The van der Waals surface area contributed by atoms with Crippen molar-refractivity contribution in [3.8, 4) is 46.0 Å². The number of methoxy groups -OCH3 is 5. The van der Waals surface area contributed by atoms with Crippen molar-refractivity contribution in [2.45, 2.75) is 131 Å². The second-order valence-corrected chi connectivity index (χ2v) is 25.6. The summed E-state index contributed by atoms with van der Waals surface area (Å²) in [7, 11) is 7.63. The number of benzene rings is 6. The summed E-state index contributed by atoms with van der Waals surface area (Å²) in [5.74, 6) is -7.93. The van der Waals surface area contributed by atoms with Crippen LogP contribution in [-0.2, 0) is 55.8 Å². The number of aliphatic hydroxyl groups is 5. The smallest absolute Gasteiger partial charge is 0.274 e. The molecule has 2 aliphatic carbocycles. The van der Waals surface area contributed by atoms with Gasteiger partial charge in [0.1, 0.15) is 64.3 Å². The lowest BCUT2D eigenvalue weighted by Gasteiger charge is -2.48. The zero-order chi connectivity index (χ0) is 64.7. The van der Waals surface area contributed by atoms with E-state index >= 15 is 0 Å². The molecule has 0 saturated carbocycles. The van der Waals surface area contributed by atoms with Crippen molar-refractivity contribution in [3.63, 3.8) is 0 Å². The molecule has 0 amide bonds. The highest BCUT2D eigenvalue weighted by molar-refractivity contribution is 6.14. The molecule has 10 aliphatic rings. The first-order chi connectivity index (χ1) is 44.2. The number of fused-ring (bicyclic) bond motifs is 16. The first-order valence-corrected chi connectivity index (χ1v) is 30.7. The van der Waals surface area contributed by atoms with Crippen molar-refractivity contribution in [3.05, 3.63) is 116 Å². The number of phenols is 2. The van der Waals surface area contributed by atoms with Crippen molar-refractivity contribution in [1.29, 1.82) is 0 Å². The van der Waals surface area contributed by atoms with Crippen molar-refractivity contribution >= 4 is 33.1 Å². The second-order valence-electron chi connectivity index (χ2n) is 25.6. The minimum Gasteiger partial charge on any atom is -0.506 e. The van der Waals surface area contributed by atoms with E-state index in [0.717, 1.165) is 22.6 Å². The van der Waals surface area contributed by atoms with Crippen LogP contribution in [0, 0.1) is 31.6 Å². The number of aromatic hydroxyl groups is 2. The van der Waals surface area contributed by atoms with Gasteiger partial charge in [-0.2, -0.15) is 0 Å². The Bertz CT molecular complexity index is 3780. The quantitative estimate of drug-likeness (QED) is 0.0520. The van der Waals surface area contributed by atoms with Crippen LogP contribution in [-0.4, -0.2) is 169 Å². The Hall–Kier alpha value is -6.98. The Labute approximate surface area is 527 Å². The Balaban J connectivity index is 0.000000153. The molecule has 15 atom stereocenters. The fourth-order valence-electron chi connectivity index (χ4n) is 16.2. The average molecular weight is 1270 g/mol. The largest absolute Gasteiger partial charge is 0.506 e. The van der Waals surface area contributed by atoms with Gasteiger partial charge in [-0.25, -0.2) is 0 Å². The van der Waals surface area contributed by atoms with E-state index in [1.54, 1.807) is 28.1 Å². The number of aryl methyl sites for hydroxylation is 2. The van der Waals surface area contributed by atoms with Gasteiger partial charge in [-0.15, -0.1) is 0 Å². The van der Waals surface area contributed by atoms with Crippen LogP contribution in [0.2, 0.25) is 0 Å². The number of rotatable bonds is 16. The molecule has 24 nitrogen and oxygen atoms in total. The van der Waals surface area contributed by atoms with Crippen molar-refractivity contribution < 1.29 is 116 Å². The number of ketones is 2. The molecule has 24 heteroatoms. The molecule has 6 fully saturated rings. The molecule has 7 N–H and O–H groups in total. The van der Waals surface area contributed by atoms with Crippen LogP contribution < -0.4 is 28.4 Å². The number of carbonyl (C=O) groups excluding carboxylic acids is 2. The number of epoxide rings is 2. The van der Waals surface area contributed by atoms with Gasteiger partial charge in [-0.05, 0) is 85.3 Å². The van der Waals surface area contributed by atoms with E-state index in [1.165, 1.54) is 21.3 Å². The monoisotopic (exact) mass is 1270 g/mol. The first-order valence-electron chi connectivity index (χ1n) is 30.7. The molecule has 7 unspecified atom stereocenters. The molecule has 6 aromatic rings. The minimum atomic E-state index is -2.08. The van der Waals surface area contributed by atoms with Crippen LogP contribution >= 0.6 is 0 Å². The lowest BCUT2D eigenvalue weighted by Crippen LogP contribution is -2.69. The molecule has 92 heavy (non-hydrogen) atoms. The van der Waals surface area contributed by atoms with Crippen LogP contribution in [0.3, 0.4) is 0 Å². The first kappa shape index (κ1) is 61.2. The summed E-state index contributed by atoms with van der Waals surface area (Å²) in [6.07, 6.45) is -5.12. The highest BCUT2D eigenvalue weighted by Gasteiger charge is 2.93. The van der Waals surface area contributed by atoms with Gasteiger partial charge in [-0.3, -0.25) is 9.59 Å². The van der Waals surface area contributed by atoms with E-state index in [2.05, 4.69) is 0 Å². The lowest BCUT2D eigenvalue weighted by atomic mass is 9.75. The molecule has 8 heterocycles. The maximum absolute atomic E-state index is 13.8. The molecule has 6 saturated heterocycles. The van der Waals surface area contributed by atoms with Crippen molar-refractivity contribution in [1.82, 2.24) is 0 Å². The maximum atomic E-state index is 13.8. The third-order valence-electron chi connectivity index (χ3n) is 20.9. The molecule has 16 rings (SSSR count). The standard InChI is InChI=1S/2C34H36O12/c1-15-10-19-23(29-22(15)30-31-33(38,44-29)32(14-43-32)34(45-30,46-31)21(12-35)40-4)27(37)25-24(28(19)41-5)20(11-16(2)26(25)36)42-13-17-6-8-18(39-3)9-7-17;1-15-9-20-23(29-22(15)30-31-33(39,44-29)32(14-43-32)34(45-30,46-31)18(11-35)12-36)27(38)25-24(28(20)41-4)21(10-16(2)26(25)37)42-13-17-5-7-19(40-3)8-6-17/h6-10,16,20-21,30-31,35,37-38H,11-14H2,1-5H3;5-9,16,18,21,30-31,35-36,38-39H,10-14H2,1-4H3/t16-,20-,21?,30?,31?,32-,33-,34?;16-,21-,30?,31?,32-,33+,34?/m00/s1. The summed E-state index contributed by atoms with van der Waals surface area (Å²) in [5.41, 5.74) is 2.36. The number of Topliss-reactive ketones (excluding diaryl/α,β-unsaturated/α-hetero) is 2. The minimum absolute atomic E-state index is 0.00375. The van der Waals surface area contributed by atoms with Gasteiger partial charge in [0.05, 0.1) is 115 Å². The van der Waals surface area contributed by atoms with E-state index < -0.39 is 115 Å². The number of aliphatic hydroxyl groups excluding tert-OH is 3. The van der Waals surface area contributed by atoms with Gasteiger partial charge in [0.25, 0.3) is 11.6 Å². The SMILES string of the molecule is COc1ccc(CO[C@H]2C[C@H](C)C(=O)c3c2c(OC)c2cc(C)c4c(c2c3O)O[C@@]2(O)C3OC(C(CO)OC)(OC43)[C@]23CO3)cc1.COc1ccc(CO[C@H]2C[C@H](C)C(=O)c3c2c(OC)c2cc(C)c4c(c2c3O)O[C@]2(O)C3OC(C(CO)CO)(OC43)[C@]23CO3)cc1. The van der Waals surface area contributed by atoms with E-state index in [-0.39, 0.29) is 82.9 Å². The number of hydrogen-bond acceptors (Lipinski definition) is 24. The Morgan fingerprint density at radius 1 is 0.554 bits per heavy atom. The Morgan fingerprint density at radius 3 is 1.33 bits per heavy atom. The summed E-state index contributed by atoms with van der Waals surface area (Å²) in [6.45, 7) is 6.43. The van der Waals surface area contributed by atoms with Gasteiger partial charge in [0.2, 0.25) is 22.8 Å². The van der Waals surface area contributed by atoms with Crippen molar-refractivity contribution in [2.75, 3.05) is 68.6 Å². The van der Waals surface area contributed by atoms with Gasteiger partial charge in [0, 0.05) is 52.0 Å². The van der Waals surface area contributed by atoms with Crippen LogP contribution in [0.25, 0.3) is 21.5 Å². The number of ether oxygens (including phenoxy) is 15. The molecule has 2 spiro atoms. The van der Waals surface area contributed by atoms with Gasteiger partial charge >= 0.3 is 0 Å². The number of hydrogen-bond donors (Lipinski definition) is 7. The van der Waals surface area contributed by atoms with Crippen molar-refractivity contribution in [2.24, 2.45) is 17.8 Å². The highest BCUT2D eigenvalue weighted by atomic mass is 16.9. The molecule has 0 radical (unpaired) electrons. The molecule has 4 bridgehead atoms. The fourth-order valence-corrected chi connectivity index (χ4v) is 16.2. The number of carbonyl (C=O) groups is 2. The molecule has 6 aromatic carbocycles. The summed E-state index contributed by atoms with van der Waals surface area (Å²) < 4.78 is 91.0. The summed E-state index contributed by atoms with van der Waals surface area (Å²) in [5, 5.41) is 80.1. The van der Waals surface area contributed by atoms with Crippen LogP contribution in [0.4, 0.5) is 0 Å². The molecular formula is C68H72O24. The van der Waals surface area contributed by atoms with Crippen LogP contribution in [0.5, 0.6) is 46.0 Å².